The Labute approximate surface area is 141 Å². The van der Waals surface area contributed by atoms with Crippen LogP contribution in [0.3, 0.4) is 0 Å². The van der Waals surface area contributed by atoms with Crippen LogP contribution in [0.4, 0.5) is 0 Å². The number of piperazine rings is 1. The minimum atomic E-state index is 0.340. The van der Waals surface area contributed by atoms with Crippen molar-refractivity contribution in [3.63, 3.8) is 0 Å². The first-order valence-electron chi connectivity index (χ1n) is 7.65. The van der Waals surface area contributed by atoms with Gasteiger partial charge in [0, 0.05) is 39.5 Å². The van der Waals surface area contributed by atoms with Gasteiger partial charge in [0.1, 0.15) is 0 Å². The van der Waals surface area contributed by atoms with Gasteiger partial charge in [-0.05, 0) is 49.7 Å². The highest BCUT2D eigenvalue weighted by molar-refractivity contribution is 7.99. The van der Waals surface area contributed by atoms with Gasteiger partial charge in [-0.2, -0.15) is 0 Å². The van der Waals surface area contributed by atoms with Crippen molar-refractivity contribution in [2.24, 2.45) is 0 Å². The summed E-state index contributed by atoms with van der Waals surface area (Å²) in [6, 6.07) is 17.9. The number of nitrogens with one attached hydrogen (secondary N) is 2. The van der Waals surface area contributed by atoms with E-state index in [9.17, 15) is 0 Å². The van der Waals surface area contributed by atoms with E-state index in [1.807, 2.05) is 12.1 Å². The quantitative estimate of drug-likeness (QED) is 0.865. The summed E-state index contributed by atoms with van der Waals surface area (Å²) >= 11 is 7.77. The number of hydrogen-bond acceptors (Lipinski definition) is 3. The first-order chi connectivity index (χ1) is 10.6. The van der Waals surface area contributed by atoms with Gasteiger partial charge in [0.25, 0.3) is 0 Å². The van der Waals surface area contributed by atoms with Gasteiger partial charge >= 0.3 is 0 Å². The summed E-state index contributed by atoms with van der Waals surface area (Å²) in [5.41, 5.74) is 1.36. The number of halogens is 1. The van der Waals surface area contributed by atoms with Crippen LogP contribution in [0.15, 0.2) is 58.3 Å². The largest absolute Gasteiger partial charge is 0.309 e. The maximum absolute atomic E-state index is 5.97. The second-order valence-electron chi connectivity index (χ2n) is 5.84. The minimum absolute atomic E-state index is 0.340. The molecule has 2 aromatic carbocycles. The minimum Gasteiger partial charge on any atom is -0.309 e. The molecule has 0 bridgehead atoms. The van der Waals surface area contributed by atoms with Crippen molar-refractivity contribution in [1.29, 1.82) is 0 Å². The summed E-state index contributed by atoms with van der Waals surface area (Å²) in [7, 11) is 0. The Morgan fingerprint density at radius 3 is 2.50 bits per heavy atom. The molecule has 1 heterocycles. The van der Waals surface area contributed by atoms with Crippen LogP contribution in [0.25, 0.3) is 0 Å². The van der Waals surface area contributed by atoms with E-state index in [0.717, 1.165) is 11.6 Å². The van der Waals surface area contributed by atoms with E-state index in [4.69, 9.17) is 11.6 Å². The molecule has 0 aliphatic carbocycles. The SMILES string of the molecule is CC1CNC(c2ccccc2Sc2ccc(Cl)cc2)C(C)N1. The maximum Gasteiger partial charge on any atom is 0.0485 e. The number of rotatable bonds is 3. The monoisotopic (exact) mass is 332 g/mol. The standard InChI is InChI=1S/C18H21ClN2S/c1-12-11-20-18(13(2)21-12)16-5-3-4-6-17(16)22-15-9-7-14(19)8-10-15/h3-10,12-13,18,20-21H,11H2,1-2H3. The molecular formula is C18H21ClN2S. The van der Waals surface area contributed by atoms with Crippen LogP contribution in [-0.2, 0) is 0 Å². The molecule has 2 N–H and O–H groups in total. The highest BCUT2D eigenvalue weighted by atomic mass is 35.5. The molecule has 2 nitrogen and oxygen atoms in total. The Hall–Kier alpha value is -1.00. The summed E-state index contributed by atoms with van der Waals surface area (Å²) in [5, 5.41) is 8.09. The average Bonchev–Trinajstić information content (AvgIpc) is 2.51. The summed E-state index contributed by atoms with van der Waals surface area (Å²) in [6.07, 6.45) is 0. The van der Waals surface area contributed by atoms with E-state index < -0.39 is 0 Å². The molecule has 3 rings (SSSR count). The van der Waals surface area contributed by atoms with Gasteiger partial charge in [-0.1, -0.05) is 41.6 Å². The second kappa shape index (κ2) is 7.05. The van der Waals surface area contributed by atoms with Crippen LogP contribution >= 0.6 is 23.4 Å². The van der Waals surface area contributed by atoms with Gasteiger partial charge < -0.3 is 10.6 Å². The topological polar surface area (TPSA) is 24.1 Å². The van der Waals surface area contributed by atoms with Crippen molar-refractivity contribution in [3.05, 3.63) is 59.1 Å². The van der Waals surface area contributed by atoms with Crippen LogP contribution < -0.4 is 10.6 Å². The lowest BCUT2D eigenvalue weighted by molar-refractivity contribution is 0.292. The molecule has 0 saturated carbocycles. The first-order valence-corrected chi connectivity index (χ1v) is 8.84. The molecule has 1 saturated heterocycles. The molecule has 2 aromatic rings. The molecule has 22 heavy (non-hydrogen) atoms. The van der Waals surface area contributed by atoms with E-state index in [1.165, 1.54) is 15.4 Å². The van der Waals surface area contributed by atoms with Crippen molar-refractivity contribution < 1.29 is 0 Å². The lowest BCUT2D eigenvalue weighted by Crippen LogP contribution is -2.54. The predicted molar refractivity (Wildman–Crippen MR) is 94.8 cm³/mol. The van der Waals surface area contributed by atoms with Crippen LogP contribution in [0.1, 0.15) is 25.5 Å². The van der Waals surface area contributed by atoms with Crippen molar-refractivity contribution in [2.75, 3.05) is 6.54 Å². The Bertz CT molecular complexity index is 629. The first kappa shape index (κ1) is 15.9. The Morgan fingerprint density at radius 1 is 1.05 bits per heavy atom. The molecule has 3 unspecified atom stereocenters. The Morgan fingerprint density at radius 2 is 1.77 bits per heavy atom. The van der Waals surface area contributed by atoms with Crippen LogP contribution in [0.2, 0.25) is 5.02 Å². The van der Waals surface area contributed by atoms with Crippen LogP contribution in [0, 0.1) is 0 Å². The molecule has 116 valence electrons. The van der Waals surface area contributed by atoms with Gasteiger partial charge in [0.15, 0.2) is 0 Å². The van der Waals surface area contributed by atoms with Crippen molar-refractivity contribution in [2.45, 2.75) is 41.8 Å². The fraction of sp³-hybridized carbons (Fsp3) is 0.333. The highest BCUT2D eigenvalue weighted by Gasteiger charge is 2.27. The van der Waals surface area contributed by atoms with Crippen molar-refractivity contribution in [1.82, 2.24) is 10.6 Å². The van der Waals surface area contributed by atoms with E-state index in [0.29, 0.717) is 18.1 Å². The molecule has 0 spiro atoms. The summed E-state index contributed by atoms with van der Waals surface area (Å²) in [4.78, 5) is 2.51. The zero-order chi connectivity index (χ0) is 15.5. The molecule has 4 heteroatoms. The molecule has 0 aromatic heterocycles. The van der Waals surface area contributed by atoms with E-state index in [-0.39, 0.29) is 0 Å². The van der Waals surface area contributed by atoms with Gasteiger partial charge in [0.2, 0.25) is 0 Å². The lowest BCUT2D eigenvalue weighted by atomic mass is 9.97. The predicted octanol–water partition coefficient (Wildman–Crippen LogP) is 4.50. The van der Waals surface area contributed by atoms with Gasteiger partial charge in [0.05, 0.1) is 0 Å². The smallest absolute Gasteiger partial charge is 0.0485 e. The molecule has 1 fully saturated rings. The normalized spacial score (nSPS) is 25.1. The van der Waals surface area contributed by atoms with Gasteiger partial charge in [-0.25, -0.2) is 0 Å². The third-order valence-corrected chi connectivity index (χ3v) is 5.34. The van der Waals surface area contributed by atoms with Crippen LogP contribution in [-0.4, -0.2) is 18.6 Å². The third kappa shape index (κ3) is 3.66. The van der Waals surface area contributed by atoms with E-state index in [1.54, 1.807) is 11.8 Å². The third-order valence-electron chi connectivity index (χ3n) is 3.99. The zero-order valence-electron chi connectivity index (χ0n) is 12.8. The molecule has 1 aliphatic rings. The summed E-state index contributed by atoms with van der Waals surface area (Å²) in [6.45, 7) is 5.46. The Balaban J connectivity index is 1.85. The van der Waals surface area contributed by atoms with E-state index >= 15 is 0 Å². The van der Waals surface area contributed by atoms with Crippen molar-refractivity contribution >= 4 is 23.4 Å². The summed E-state index contributed by atoms with van der Waals surface area (Å²) in [5.74, 6) is 0. The van der Waals surface area contributed by atoms with Crippen molar-refractivity contribution in [3.8, 4) is 0 Å². The fourth-order valence-electron chi connectivity index (χ4n) is 2.92. The molecule has 3 atom stereocenters. The molecule has 0 amide bonds. The van der Waals surface area contributed by atoms with E-state index in [2.05, 4.69) is 60.9 Å². The van der Waals surface area contributed by atoms with Gasteiger partial charge in [-0.15, -0.1) is 0 Å². The van der Waals surface area contributed by atoms with Gasteiger partial charge in [-0.3, -0.25) is 0 Å². The Kier molecular flexibility index (Phi) is 5.09. The maximum atomic E-state index is 5.97. The molecular weight excluding hydrogens is 312 g/mol. The highest BCUT2D eigenvalue weighted by Crippen LogP contribution is 2.35. The molecule has 0 radical (unpaired) electrons. The number of benzene rings is 2. The lowest BCUT2D eigenvalue weighted by Gasteiger charge is -2.36. The van der Waals surface area contributed by atoms with Crippen LogP contribution in [0.5, 0.6) is 0 Å². The zero-order valence-corrected chi connectivity index (χ0v) is 14.4. The summed E-state index contributed by atoms with van der Waals surface area (Å²) < 4.78 is 0. The second-order valence-corrected chi connectivity index (χ2v) is 7.39. The molecule has 1 aliphatic heterocycles. The number of hydrogen-bond donors (Lipinski definition) is 2. The average molecular weight is 333 g/mol. The fourth-order valence-corrected chi connectivity index (χ4v) is 4.04.